The summed E-state index contributed by atoms with van der Waals surface area (Å²) in [7, 11) is 1.47. The molecule has 0 saturated carbocycles. The zero-order valence-electron chi connectivity index (χ0n) is 12.0. The Morgan fingerprint density at radius 3 is 3.10 bits per heavy atom. The highest BCUT2D eigenvalue weighted by molar-refractivity contribution is 5.82. The van der Waals surface area contributed by atoms with E-state index in [9.17, 15) is 4.79 Å². The van der Waals surface area contributed by atoms with E-state index in [1.807, 2.05) is 13.1 Å². The number of H-pyrrole nitrogens is 1. The van der Waals surface area contributed by atoms with Crippen molar-refractivity contribution < 1.29 is 9.53 Å². The highest BCUT2D eigenvalue weighted by Gasteiger charge is 2.41. The lowest BCUT2D eigenvalue weighted by atomic mass is 9.90. The van der Waals surface area contributed by atoms with Crippen molar-refractivity contribution in [1.82, 2.24) is 9.88 Å². The minimum Gasteiger partial charge on any atom is -0.469 e. The number of carbonyl (C=O) groups is 1. The monoisotopic (exact) mass is 272 g/mol. The summed E-state index contributed by atoms with van der Waals surface area (Å²) in [4.78, 5) is 17.4. The second-order valence-corrected chi connectivity index (χ2v) is 5.87. The molecule has 106 valence electrons. The van der Waals surface area contributed by atoms with Crippen LogP contribution >= 0.6 is 0 Å². The number of rotatable bonds is 3. The van der Waals surface area contributed by atoms with Gasteiger partial charge in [-0.1, -0.05) is 12.1 Å². The maximum absolute atomic E-state index is 11.9. The Labute approximate surface area is 118 Å². The van der Waals surface area contributed by atoms with Gasteiger partial charge in [0.1, 0.15) is 0 Å². The fraction of sp³-hybridized carbons (Fsp3) is 0.438. The molecule has 0 amide bonds. The SMILES string of the molecule is COC(=O)C1(C)CCN(Cc2cccc3[nH]ccc23)C1. The summed E-state index contributed by atoms with van der Waals surface area (Å²) in [5, 5.41) is 1.26. The molecule has 4 heteroatoms. The first-order valence-electron chi connectivity index (χ1n) is 6.98. The van der Waals surface area contributed by atoms with Gasteiger partial charge in [0.05, 0.1) is 12.5 Å². The Morgan fingerprint density at radius 1 is 1.45 bits per heavy atom. The lowest BCUT2D eigenvalue weighted by molar-refractivity contribution is -0.151. The standard InChI is InChI=1S/C16H20N2O2/c1-16(15(19)20-2)7-9-18(11-16)10-12-4-3-5-14-13(12)6-8-17-14/h3-6,8,17H,7,9-11H2,1-2H3. The molecule has 1 unspecified atom stereocenters. The third-order valence-electron chi connectivity index (χ3n) is 4.31. The van der Waals surface area contributed by atoms with Crippen LogP contribution in [0.15, 0.2) is 30.5 Å². The predicted octanol–water partition coefficient (Wildman–Crippen LogP) is 2.55. The van der Waals surface area contributed by atoms with Crippen LogP contribution in [0.25, 0.3) is 10.9 Å². The summed E-state index contributed by atoms with van der Waals surface area (Å²) < 4.78 is 4.92. The van der Waals surface area contributed by atoms with Gasteiger partial charge in [-0.25, -0.2) is 0 Å². The van der Waals surface area contributed by atoms with E-state index in [1.165, 1.54) is 18.1 Å². The van der Waals surface area contributed by atoms with E-state index in [0.29, 0.717) is 0 Å². The summed E-state index contributed by atoms with van der Waals surface area (Å²) in [6.07, 6.45) is 2.83. The predicted molar refractivity (Wildman–Crippen MR) is 78.3 cm³/mol. The van der Waals surface area contributed by atoms with Gasteiger partial charge in [-0.3, -0.25) is 9.69 Å². The Bertz CT molecular complexity index is 634. The van der Waals surface area contributed by atoms with E-state index < -0.39 is 0 Å². The molecule has 0 aliphatic carbocycles. The van der Waals surface area contributed by atoms with Crippen LogP contribution in [0, 0.1) is 5.41 Å². The number of ether oxygens (including phenoxy) is 1. The van der Waals surface area contributed by atoms with Crippen LogP contribution in [0.3, 0.4) is 0 Å². The molecule has 1 aromatic heterocycles. The number of methoxy groups -OCH3 is 1. The highest BCUT2D eigenvalue weighted by atomic mass is 16.5. The van der Waals surface area contributed by atoms with Crippen molar-refractivity contribution in [2.75, 3.05) is 20.2 Å². The molecular formula is C16H20N2O2. The second-order valence-electron chi connectivity index (χ2n) is 5.87. The maximum Gasteiger partial charge on any atom is 0.312 e. The Kier molecular flexibility index (Phi) is 3.26. The van der Waals surface area contributed by atoms with Gasteiger partial charge in [0.25, 0.3) is 0 Å². The number of aromatic amines is 1. The molecule has 1 aromatic carbocycles. The van der Waals surface area contributed by atoms with E-state index in [2.05, 4.69) is 34.1 Å². The topological polar surface area (TPSA) is 45.3 Å². The first-order chi connectivity index (χ1) is 9.62. The quantitative estimate of drug-likeness (QED) is 0.873. The second kappa shape index (κ2) is 4.94. The van der Waals surface area contributed by atoms with Gasteiger partial charge < -0.3 is 9.72 Å². The summed E-state index contributed by atoms with van der Waals surface area (Å²) in [6, 6.07) is 8.43. The average molecular weight is 272 g/mol. The van der Waals surface area contributed by atoms with E-state index in [4.69, 9.17) is 4.74 Å². The van der Waals surface area contributed by atoms with E-state index in [0.717, 1.165) is 31.6 Å². The van der Waals surface area contributed by atoms with Crippen LogP contribution in [-0.2, 0) is 16.1 Å². The molecule has 1 aliphatic heterocycles. The number of carbonyl (C=O) groups excluding carboxylic acids is 1. The van der Waals surface area contributed by atoms with Crippen molar-refractivity contribution in [2.24, 2.45) is 5.41 Å². The van der Waals surface area contributed by atoms with Crippen LogP contribution in [-0.4, -0.2) is 36.1 Å². The van der Waals surface area contributed by atoms with Crippen molar-refractivity contribution in [2.45, 2.75) is 19.9 Å². The van der Waals surface area contributed by atoms with Gasteiger partial charge in [-0.15, -0.1) is 0 Å². The normalized spacial score (nSPS) is 23.3. The fourth-order valence-corrected chi connectivity index (χ4v) is 3.13. The van der Waals surface area contributed by atoms with Crippen molar-refractivity contribution in [1.29, 1.82) is 0 Å². The number of nitrogens with zero attached hydrogens (tertiary/aromatic N) is 1. The molecule has 1 atom stereocenters. The van der Waals surface area contributed by atoms with E-state index in [1.54, 1.807) is 0 Å². The number of fused-ring (bicyclic) bond motifs is 1. The molecule has 2 aromatic rings. The molecule has 2 heterocycles. The maximum atomic E-state index is 11.9. The number of hydrogen-bond acceptors (Lipinski definition) is 3. The van der Waals surface area contributed by atoms with Crippen LogP contribution < -0.4 is 0 Å². The molecule has 20 heavy (non-hydrogen) atoms. The highest BCUT2D eigenvalue weighted by Crippen LogP contribution is 2.32. The van der Waals surface area contributed by atoms with Gasteiger partial charge in [0, 0.05) is 30.2 Å². The third kappa shape index (κ3) is 2.20. The van der Waals surface area contributed by atoms with Crippen LogP contribution in [0.4, 0.5) is 0 Å². The van der Waals surface area contributed by atoms with Crippen LogP contribution in [0.5, 0.6) is 0 Å². The van der Waals surface area contributed by atoms with Crippen molar-refractivity contribution >= 4 is 16.9 Å². The van der Waals surface area contributed by atoms with Crippen molar-refractivity contribution in [3.8, 4) is 0 Å². The average Bonchev–Trinajstić information content (AvgIpc) is 3.06. The lowest BCUT2D eigenvalue weighted by Gasteiger charge is -2.22. The third-order valence-corrected chi connectivity index (χ3v) is 4.31. The van der Waals surface area contributed by atoms with E-state index >= 15 is 0 Å². The summed E-state index contributed by atoms with van der Waals surface area (Å²) in [5.41, 5.74) is 2.11. The van der Waals surface area contributed by atoms with Crippen molar-refractivity contribution in [3.05, 3.63) is 36.0 Å². The molecule has 1 saturated heterocycles. The molecule has 0 spiro atoms. The number of aromatic nitrogens is 1. The summed E-state index contributed by atoms with van der Waals surface area (Å²) >= 11 is 0. The van der Waals surface area contributed by atoms with Gasteiger partial charge in [0.2, 0.25) is 0 Å². The van der Waals surface area contributed by atoms with Crippen molar-refractivity contribution in [3.63, 3.8) is 0 Å². The van der Waals surface area contributed by atoms with Gasteiger partial charge in [0.15, 0.2) is 0 Å². The molecule has 0 bridgehead atoms. The molecule has 1 fully saturated rings. The molecular weight excluding hydrogens is 252 g/mol. The van der Waals surface area contributed by atoms with Crippen LogP contribution in [0.1, 0.15) is 18.9 Å². The zero-order valence-corrected chi connectivity index (χ0v) is 12.0. The van der Waals surface area contributed by atoms with E-state index in [-0.39, 0.29) is 11.4 Å². The number of nitrogens with one attached hydrogen (secondary N) is 1. The van der Waals surface area contributed by atoms with Gasteiger partial charge >= 0.3 is 5.97 Å². The fourth-order valence-electron chi connectivity index (χ4n) is 3.13. The number of likely N-dealkylation sites (tertiary alicyclic amines) is 1. The van der Waals surface area contributed by atoms with Crippen LogP contribution in [0.2, 0.25) is 0 Å². The number of hydrogen-bond donors (Lipinski definition) is 1. The Balaban J connectivity index is 1.77. The minimum atomic E-state index is -0.360. The Hall–Kier alpha value is -1.81. The number of benzene rings is 1. The molecule has 4 nitrogen and oxygen atoms in total. The first kappa shape index (κ1) is 13.2. The Morgan fingerprint density at radius 2 is 2.30 bits per heavy atom. The lowest BCUT2D eigenvalue weighted by Crippen LogP contribution is -2.32. The molecule has 0 radical (unpaired) electrons. The summed E-state index contributed by atoms with van der Waals surface area (Å²) in [5.74, 6) is -0.0974. The molecule has 1 aliphatic rings. The molecule has 3 rings (SSSR count). The number of esters is 1. The minimum absolute atomic E-state index is 0.0974. The smallest absolute Gasteiger partial charge is 0.312 e. The summed E-state index contributed by atoms with van der Waals surface area (Å²) in [6.45, 7) is 4.57. The zero-order chi connectivity index (χ0) is 14.2. The largest absolute Gasteiger partial charge is 0.469 e. The molecule has 1 N–H and O–H groups in total. The van der Waals surface area contributed by atoms with Gasteiger partial charge in [-0.05, 0) is 37.6 Å². The van der Waals surface area contributed by atoms with Gasteiger partial charge in [-0.2, -0.15) is 0 Å². The first-order valence-corrected chi connectivity index (χ1v) is 6.98.